The molecule has 1 saturated heterocycles. The SMILES string of the molecule is Nc1ccccc1CNc1ccc(CN2CCCC2)cc1. The van der Waals surface area contributed by atoms with Crippen LogP contribution >= 0.6 is 0 Å². The molecule has 0 aromatic heterocycles. The molecular weight excluding hydrogens is 258 g/mol. The summed E-state index contributed by atoms with van der Waals surface area (Å²) in [5, 5.41) is 3.43. The summed E-state index contributed by atoms with van der Waals surface area (Å²) in [5.41, 5.74) is 10.5. The third kappa shape index (κ3) is 3.76. The minimum atomic E-state index is 0.762. The van der Waals surface area contributed by atoms with E-state index in [2.05, 4.69) is 40.5 Å². The van der Waals surface area contributed by atoms with E-state index in [0.29, 0.717) is 0 Å². The van der Waals surface area contributed by atoms with Gasteiger partial charge in [-0.2, -0.15) is 0 Å². The van der Waals surface area contributed by atoms with Gasteiger partial charge in [-0.1, -0.05) is 30.3 Å². The zero-order valence-corrected chi connectivity index (χ0v) is 12.4. The van der Waals surface area contributed by atoms with Crippen LogP contribution in [-0.4, -0.2) is 18.0 Å². The quantitative estimate of drug-likeness (QED) is 0.824. The van der Waals surface area contributed by atoms with Crippen molar-refractivity contribution in [2.24, 2.45) is 0 Å². The average Bonchev–Trinajstić information content (AvgIpc) is 3.01. The Morgan fingerprint density at radius 2 is 1.67 bits per heavy atom. The number of anilines is 2. The van der Waals surface area contributed by atoms with Gasteiger partial charge < -0.3 is 11.1 Å². The maximum Gasteiger partial charge on any atom is 0.0421 e. The third-order valence-corrected chi connectivity index (χ3v) is 4.10. The van der Waals surface area contributed by atoms with Crippen molar-refractivity contribution in [1.29, 1.82) is 0 Å². The summed E-state index contributed by atoms with van der Waals surface area (Å²) in [7, 11) is 0. The van der Waals surface area contributed by atoms with Crippen molar-refractivity contribution in [1.82, 2.24) is 4.90 Å². The Balaban J connectivity index is 1.55. The van der Waals surface area contributed by atoms with Crippen LogP contribution in [0.25, 0.3) is 0 Å². The average molecular weight is 281 g/mol. The molecule has 1 aliphatic rings. The number of nitrogen functional groups attached to an aromatic ring is 1. The van der Waals surface area contributed by atoms with Gasteiger partial charge in [0.25, 0.3) is 0 Å². The van der Waals surface area contributed by atoms with Gasteiger partial charge >= 0.3 is 0 Å². The summed E-state index contributed by atoms with van der Waals surface area (Å²) in [5.74, 6) is 0. The molecule has 3 N–H and O–H groups in total. The highest BCUT2D eigenvalue weighted by Crippen LogP contribution is 2.17. The Labute approximate surface area is 126 Å². The highest BCUT2D eigenvalue weighted by Gasteiger charge is 2.11. The minimum absolute atomic E-state index is 0.762. The van der Waals surface area contributed by atoms with E-state index in [1.807, 2.05) is 18.2 Å². The molecule has 0 radical (unpaired) electrons. The Morgan fingerprint density at radius 3 is 2.38 bits per heavy atom. The van der Waals surface area contributed by atoms with E-state index in [-0.39, 0.29) is 0 Å². The predicted molar refractivity (Wildman–Crippen MR) is 89.1 cm³/mol. The number of likely N-dealkylation sites (tertiary alicyclic amines) is 1. The second kappa shape index (κ2) is 6.64. The zero-order valence-electron chi connectivity index (χ0n) is 12.4. The second-order valence-electron chi connectivity index (χ2n) is 5.73. The molecule has 0 saturated carbocycles. The normalized spacial score (nSPS) is 15.2. The largest absolute Gasteiger partial charge is 0.398 e. The first-order chi connectivity index (χ1) is 10.3. The molecule has 3 nitrogen and oxygen atoms in total. The van der Waals surface area contributed by atoms with E-state index < -0.39 is 0 Å². The first-order valence-corrected chi connectivity index (χ1v) is 7.70. The van der Waals surface area contributed by atoms with Crippen LogP contribution in [0.4, 0.5) is 11.4 Å². The van der Waals surface area contributed by atoms with Crippen LogP contribution in [0.2, 0.25) is 0 Å². The van der Waals surface area contributed by atoms with Crippen LogP contribution in [0.5, 0.6) is 0 Å². The summed E-state index contributed by atoms with van der Waals surface area (Å²) in [6, 6.07) is 16.7. The van der Waals surface area contributed by atoms with Crippen LogP contribution in [-0.2, 0) is 13.1 Å². The van der Waals surface area contributed by atoms with Crippen LogP contribution in [0, 0.1) is 0 Å². The van der Waals surface area contributed by atoms with Gasteiger partial charge in [0.15, 0.2) is 0 Å². The molecule has 0 amide bonds. The summed E-state index contributed by atoms with van der Waals surface area (Å²) in [4.78, 5) is 2.52. The van der Waals surface area contributed by atoms with E-state index in [0.717, 1.165) is 30.0 Å². The van der Waals surface area contributed by atoms with Crippen molar-refractivity contribution in [2.75, 3.05) is 24.1 Å². The molecule has 1 aliphatic heterocycles. The maximum absolute atomic E-state index is 5.95. The standard InChI is InChI=1S/C18H23N3/c19-18-6-2-1-5-16(18)13-20-17-9-7-15(8-10-17)14-21-11-3-4-12-21/h1-2,5-10,20H,3-4,11-14,19H2. The fraction of sp³-hybridized carbons (Fsp3) is 0.333. The van der Waals surface area contributed by atoms with E-state index in [9.17, 15) is 0 Å². The molecule has 110 valence electrons. The van der Waals surface area contributed by atoms with Crippen molar-refractivity contribution < 1.29 is 0 Å². The summed E-state index contributed by atoms with van der Waals surface area (Å²) in [6.07, 6.45) is 2.69. The highest BCUT2D eigenvalue weighted by molar-refractivity contribution is 5.50. The number of hydrogen-bond donors (Lipinski definition) is 2. The lowest BCUT2D eigenvalue weighted by atomic mass is 10.1. The van der Waals surface area contributed by atoms with Crippen LogP contribution < -0.4 is 11.1 Å². The van der Waals surface area contributed by atoms with Crippen LogP contribution in [0.1, 0.15) is 24.0 Å². The summed E-state index contributed by atoms with van der Waals surface area (Å²) in [6.45, 7) is 4.32. The predicted octanol–water partition coefficient (Wildman–Crippen LogP) is 3.48. The number of nitrogens with one attached hydrogen (secondary N) is 1. The molecule has 21 heavy (non-hydrogen) atoms. The summed E-state index contributed by atoms with van der Waals surface area (Å²) < 4.78 is 0. The van der Waals surface area contributed by atoms with Crippen molar-refractivity contribution in [3.63, 3.8) is 0 Å². The van der Waals surface area contributed by atoms with Crippen molar-refractivity contribution >= 4 is 11.4 Å². The van der Waals surface area contributed by atoms with Crippen LogP contribution in [0.15, 0.2) is 48.5 Å². The smallest absolute Gasteiger partial charge is 0.0421 e. The fourth-order valence-electron chi connectivity index (χ4n) is 2.82. The number of rotatable bonds is 5. The van der Waals surface area contributed by atoms with Gasteiger partial charge in [0.05, 0.1) is 0 Å². The topological polar surface area (TPSA) is 41.3 Å². The van der Waals surface area contributed by atoms with E-state index in [1.54, 1.807) is 0 Å². The molecule has 0 atom stereocenters. The first-order valence-electron chi connectivity index (χ1n) is 7.70. The van der Waals surface area contributed by atoms with Gasteiger partial charge in [-0.25, -0.2) is 0 Å². The van der Waals surface area contributed by atoms with Gasteiger partial charge in [0.1, 0.15) is 0 Å². The second-order valence-corrected chi connectivity index (χ2v) is 5.73. The molecule has 2 aromatic carbocycles. The zero-order chi connectivity index (χ0) is 14.5. The molecule has 0 bridgehead atoms. The number of hydrogen-bond acceptors (Lipinski definition) is 3. The molecule has 3 heteroatoms. The fourth-order valence-corrected chi connectivity index (χ4v) is 2.82. The van der Waals surface area contributed by atoms with Gasteiger partial charge in [0, 0.05) is 24.5 Å². The molecule has 1 fully saturated rings. The molecule has 0 spiro atoms. The van der Waals surface area contributed by atoms with Gasteiger partial charge in [-0.3, -0.25) is 4.90 Å². The first kappa shape index (κ1) is 14.0. The van der Waals surface area contributed by atoms with Crippen molar-refractivity contribution in [3.8, 4) is 0 Å². The Hall–Kier alpha value is -2.00. The Morgan fingerprint density at radius 1 is 0.952 bits per heavy atom. The highest BCUT2D eigenvalue weighted by atomic mass is 15.1. The molecule has 3 rings (SSSR count). The monoisotopic (exact) mass is 281 g/mol. The molecule has 1 heterocycles. The van der Waals surface area contributed by atoms with Gasteiger partial charge in [0.2, 0.25) is 0 Å². The lowest BCUT2D eigenvalue weighted by molar-refractivity contribution is 0.331. The number of nitrogens with two attached hydrogens (primary N) is 1. The molecule has 2 aromatic rings. The Kier molecular flexibility index (Phi) is 4.41. The number of benzene rings is 2. The van der Waals surface area contributed by atoms with E-state index in [4.69, 9.17) is 5.73 Å². The molecular formula is C18H23N3. The maximum atomic E-state index is 5.95. The van der Waals surface area contributed by atoms with Crippen LogP contribution in [0.3, 0.4) is 0 Å². The van der Waals surface area contributed by atoms with Crippen molar-refractivity contribution in [2.45, 2.75) is 25.9 Å². The minimum Gasteiger partial charge on any atom is -0.398 e. The molecule has 0 unspecified atom stereocenters. The summed E-state index contributed by atoms with van der Waals surface area (Å²) >= 11 is 0. The third-order valence-electron chi connectivity index (χ3n) is 4.10. The lowest BCUT2D eigenvalue weighted by Crippen LogP contribution is -2.18. The van der Waals surface area contributed by atoms with E-state index >= 15 is 0 Å². The van der Waals surface area contributed by atoms with Gasteiger partial charge in [-0.15, -0.1) is 0 Å². The number of para-hydroxylation sites is 1. The lowest BCUT2D eigenvalue weighted by Gasteiger charge is -2.15. The van der Waals surface area contributed by atoms with Crippen molar-refractivity contribution in [3.05, 3.63) is 59.7 Å². The molecule has 0 aliphatic carbocycles. The number of nitrogens with zero attached hydrogens (tertiary/aromatic N) is 1. The Bertz CT molecular complexity index is 571. The van der Waals surface area contributed by atoms with E-state index in [1.165, 1.54) is 31.5 Å². The van der Waals surface area contributed by atoms with Gasteiger partial charge in [-0.05, 0) is 55.3 Å².